The zero-order valence-corrected chi connectivity index (χ0v) is 8.40. The van der Waals surface area contributed by atoms with Crippen LogP contribution in [-0.4, -0.2) is 13.1 Å². The third kappa shape index (κ3) is 1.73. The standard InChI is InChI=1S/C7H4Cl2FNO3/c1-14-7(12)3-2-4(10)6(9)11(13)5(3)8/h2H,1H3. The van der Waals surface area contributed by atoms with E-state index in [-0.39, 0.29) is 10.3 Å². The quantitative estimate of drug-likeness (QED) is 0.324. The van der Waals surface area contributed by atoms with Crippen LogP contribution in [0.2, 0.25) is 10.3 Å². The molecule has 4 nitrogen and oxygen atoms in total. The summed E-state index contributed by atoms with van der Waals surface area (Å²) in [7, 11) is 1.08. The van der Waals surface area contributed by atoms with E-state index >= 15 is 0 Å². The van der Waals surface area contributed by atoms with E-state index in [0.29, 0.717) is 0 Å². The molecule has 0 unspecified atom stereocenters. The van der Waals surface area contributed by atoms with Crippen molar-refractivity contribution in [2.45, 2.75) is 0 Å². The van der Waals surface area contributed by atoms with E-state index in [1.165, 1.54) is 0 Å². The fourth-order valence-corrected chi connectivity index (χ4v) is 1.19. The number of pyridine rings is 1. The lowest BCUT2D eigenvalue weighted by Crippen LogP contribution is -2.32. The molecule has 0 aliphatic carbocycles. The molecule has 0 spiro atoms. The highest BCUT2D eigenvalue weighted by Gasteiger charge is 2.24. The molecule has 1 aromatic heterocycles. The number of hydrogen-bond donors (Lipinski definition) is 0. The summed E-state index contributed by atoms with van der Waals surface area (Å²) in [5, 5.41) is 9.79. The van der Waals surface area contributed by atoms with Crippen LogP contribution in [0.3, 0.4) is 0 Å². The number of aromatic nitrogens is 1. The molecule has 0 bridgehead atoms. The Balaban J connectivity index is 3.40. The van der Waals surface area contributed by atoms with Gasteiger partial charge in [-0.3, -0.25) is 0 Å². The monoisotopic (exact) mass is 239 g/mol. The van der Waals surface area contributed by atoms with Gasteiger partial charge in [-0.1, -0.05) is 0 Å². The maximum absolute atomic E-state index is 12.9. The SMILES string of the molecule is COC(=O)c1cc(F)c(Cl)[n+]([O-])c1Cl. The molecule has 1 heterocycles. The van der Waals surface area contributed by atoms with Gasteiger partial charge in [0.1, 0.15) is 5.56 Å². The number of hydrogen-bond acceptors (Lipinski definition) is 3. The second kappa shape index (κ2) is 3.98. The largest absolute Gasteiger partial charge is 0.616 e. The summed E-state index contributed by atoms with van der Waals surface area (Å²) in [5.41, 5.74) is -0.369. The molecule has 0 saturated carbocycles. The molecule has 14 heavy (non-hydrogen) atoms. The number of esters is 1. The summed E-state index contributed by atoms with van der Waals surface area (Å²) < 4.78 is 17.1. The van der Waals surface area contributed by atoms with Gasteiger partial charge in [-0.25, -0.2) is 4.79 Å². The predicted molar refractivity (Wildman–Crippen MR) is 46.7 cm³/mol. The molecule has 0 saturated heterocycles. The molecule has 0 amide bonds. The van der Waals surface area contributed by atoms with Gasteiger partial charge >= 0.3 is 16.3 Å². The number of methoxy groups -OCH3 is 1. The first-order valence-corrected chi connectivity index (χ1v) is 4.10. The lowest BCUT2D eigenvalue weighted by molar-refractivity contribution is -0.602. The highest BCUT2D eigenvalue weighted by molar-refractivity contribution is 6.32. The van der Waals surface area contributed by atoms with Crippen LogP contribution in [0, 0.1) is 11.0 Å². The molecule has 0 N–H and O–H groups in total. The molecule has 0 aliphatic rings. The van der Waals surface area contributed by atoms with Crippen LogP contribution in [0.15, 0.2) is 6.07 Å². The van der Waals surface area contributed by atoms with Gasteiger partial charge in [-0.2, -0.15) is 4.39 Å². The highest BCUT2D eigenvalue weighted by Crippen LogP contribution is 2.18. The average molecular weight is 240 g/mol. The molecule has 0 atom stereocenters. The lowest BCUT2D eigenvalue weighted by Gasteiger charge is -2.05. The second-order valence-corrected chi connectivity index (χ2v) is 2.99. The van der Waals surface area contributed by atoms with Crippen LogP contribution in [0.1, 0.15) is 10.4 Å². The van der Waals surface area contributed by atoms with E-state index in [2.05, 4.69) is 4.74 Å². The number of rotatable bonds is 1. The minimum atomic E-state index is -1.04. The van der Waals surface area contributed by atoms with Gasteiger partial charge in [0.2, 0.25) is 5.82 Å². The molecule has 0 aromatic carbocycles. The number of carbonyl (C=O) groups excluding carboxylic acids is 1. The van der Waals surface area contributed by atoms with Crippen molar-refractivity contribution in [1.29, 1.82) is 0 Å². The minimum Gasteiger partial charge on any atom is -0.616 e. The normalized spacial score (nSPS) is 10.0. The zero-order chi connectivity index (χ0) is 10.9. The van der Waals surface area contributed by atoms with Gasteiger partial charge < -0.3 is 9.94 Å². The third-order valence-corrected chi connectivity index (χ3v) is 2.14. The summed E-state index contributed by atoms with van der Waals surface area (Å²) in [4.78, 5) is 11.0. The molecule has 1 aromatic rings. The van der Waals surface area contributed by atoms with Crippen LogP contribution in [-0.2, 0) is 4.74 Å². The van der Waals surface area contributed by atoms with Crippen LogP contribution in [0.5, 0.6) is 0 Å². The van der Waals surface area contributed by atoms with Crippen molar-refractivity contribution in [3.63, 3.8) is 0 Å². The first kappa shape index (κ1) is 11.0. The molecule has 1 rings (SSSR count). The smallest absolute Gasteiger partial charge is 0.345 e. The average Bonchev–Trinajstić information content (AvgIpc) is 2.19. The Hall–Kier alpha value is -1.07. The Bertz CT molecular complexity index is 397. The Morgan fingerprint density at radius 1 is 1.57 bits per heavy atom. The minimum absolute atomic E-state index is 0.0926. The van der Waals surface area contributed by atoms with E-state index in [1.807, 2.05) is 0 Å². The summed E-state index contributed by atoms with van der Waals surface area (Å²) in [6.07, 6.45) is 0. The molecule has 0 aliphatic heterocycles. The Morgan fingerprint density at radius 3 is 2.64 bits per heavy atom. The number of nitrogens with zero attached hydrogens (tertiary/aromatic N) is 1. The van der Waals surface area contributed by atoms with Crippen molar-refractivity contribution in [1.82, 2.24) is 0 Å². The van der Waals surface area contributed by atoms with Crippen molar-refractivity contribution < 1.29 is 18.7 Å². The van der Waals surface area contributed by atoms with Crippen LogP contribution in [0.25, 0.3) is 0 Å². The Labute approximate surface area is 88.4 Å². The van der Waals surface area contributed by atoms with E-state index in [0.717, 1.165) is 13.2 Å². The van der Waals surface area contributed by atoms with Crippen molar-refractivity contribution in [3.05, 3.63) is 33.0 Å². The fraction of sp³-hybridized carbons (Fsp3) is 0.143. The number of carbonyl (C=O) groups is 1. The van der Waals surface area contributed by atoms with Crippen LogP contribution < -0.4 is 4.73 Å². The van der Waals surface area contributed by atoms with E-state index in [1.54, 1.807) is 0 Å². The summed E-state index contributed by atoms with van der Waals surface area (Å²) >= 11 is 10.7. The van der Waals surface area contributed by atoms with Crippen molar-refractivity contribution in [2.75, 3.05) is 7.11 Å². The Kier molecular flexibility index (Phi) is 3.13. The van der Waals surface area contributed by atoms with Crippen molar-refractivity contribution in [2.24, 2.45) is 0 Å². The van der Waals surface area contributed by atoms with Gasteiger partial charge in [0.05, 0.1) is 7.11 Å². The van der Waals surface area contributed by atoms with Gasteiger partial charge in [-0.15, -0.1) is 4.73 Å². The van der Waals surface area contributed by atoms with Crippen LogP contribution >= 0.6 is 23.2 Å². The molecule has 76 valence electrons. The van der Waals surface area contributed by atoms with Gasteiger partial charge in [-0.05, 0) is 23.2 Å². The predicted octanol–water partition coefficient (Wildman–Crippen LogP) is 1.55. The number of ether oxygens (including phenoxy) is 1. The summed E-state index contributed by atoms with van der Waals surface area (Å²) in [5.74, 6) is -1.94. The molecular formula is C7H4Cl2FNO3. The third-order valence-electron chi connectivity index (χ3n) is 1.45. The van der Waals surface area contributed by atoms with E-state index in [9.17, 15) is 14.4 Å². The summed E-state index contributed by atoms with van der Waals surface area (Å²) in [6.45, 7) is 0. The van der Waals surface area contributed by atoms with E-state index < -0.39 is 22.1 Å². The first-order chi connectivity index (χ1) is 6.49. The molecule has 7 heteroatoms. The van der Waals surface area contributed by atoms with Crippen LogP contribution in [0.4, 0.5) is 4.39 Å². The van der Waals surface area contributed by atoms with Gasteiger partial charge in [0.15, 0.2) is 0 Å². The first-order valence-electron chi connectivity index (χ1n) is 3.34. The number of halogens is 3. The lowest BCUT2D eigenvalue weighted by atomic mass is 10.3. The topological polar surface area (TPSA) is 53.2 Å². The van der Waals surface area contributed by atoms with Crippen molar-refractivity contribution >= 4 is 29.2 Å². The Morgan fingerprint density at radius 2 is 2.14 bits per heavy atom. The van der Waals surface area contributed by atoms with Crippen molar-refractivity contribution in [3.8, 4) is 0 Å². The molecular weight excluding hydrogens is 236 g/mol. The maximum atomic E-state index is 12.9. The maximum Gasteiger partial charge on any atom is 0.345 e. The molecule has 0 fully saturated rings. The van der Waals surface area contributed by atoms with E-state index in [4.69, 9.17) is 23.2 Å². The second-order valence-electron chi connectivity index (χ2n) is 2.27. The summed E-state index contributed by atoms with van der Waals surface area (Å²) in [6, 6.07) is 0.741. The zero-order valence-electron chi connectivity index (χ0n) is 6.88. The highest BCUT2D eigenvalue weighted by atomic mass is 35.5. The van der Waals surface area contributed by atoms with Gasteiger partial charge in [0.25, 0.3) is 0 Å². The van der Waals surface area contributed by atoms with Gasteiger partial charge in [0, 0.05) is 6.07 Å². The fourth-order valence-electron chi connectivity index (χ4n) is 0.792. The molecule has 0 radical (unpaired) electrons.